The SMILES string of the molecule is CC.COCC1(CCCCC(C)(F)F)CCC1. The molecule has 0 saturated heterocycles. The molecular weight excluding hydrogens is 222 g/mol. The molecule has 1 aliphatic carbocycles. The Hall–Kier alpha value is -0.180. The van der Waals surface area contributed by atoms with Gasteiger partial charge in [-0.15, -0.1) is 0 Å². The molecule has 0 atom stereocenters. The van der Waals surface area contributed by atoms with Crippen LogP contribution in [0.1, 0.15) is 65.7 Å². The predicted octanol–water partition coefficient (Wildman–Crippen LogP) is 5.04. The molecule has 0 aromatic carbocycles. The van der Waals surface area contributed by atoms with Crippen LogP contribution in [0.4, 0.5) is 8.78 Å². The van der Waals surface area contributed by atoms with E-state index in [0.717, 1.165) is 26.4 Å². The molecule has 0 aromatic heterocycles. The van der Waals surface area contributed by atoms with Gasteiger partial charge in [-0.25, -0.2) is 8.78 Å². The van der Waals surface area contributed by atoms with Crippen molar-refractivity contribution in [2.45, 2.75) is 71.6 Å². The number of methoxy groups -OCH3 is 1. The van der Waals surface area contributed by atoms with Crippen LogP contribution in [0.3, 0.4) is 0 Å². The van der Waals surface area contributed by atoms with E-state index in [1.807, 2.05) is 13.8 Å². The molecule has 1 rings (SSSR count). The van der Waals surface area contributed by atoms with Crippen LogP contribution in [0.5, 0.6) is 0 Å². The van der Waals surface area contributed by atoms with E-state index in [1.54, 1.807) is 7.11 Å². The minimum Gasteiger partial charge on any atom is -0.384 e. The summed E-state index contributed by atoms with van der Waals surface area (Å²) in [6, 6.07) is 0. The summed E-state index contributed by atoms with van der Waals surface area (Å²) < 4.78 is 30.3. The molecule has 0 heterocycles. The van der Waals surface area contributed by atoms with Crippen LogP contribution in [-0.2, 0) is 4.74 Å². The van der Waals surface area contributed by atoms with Gasteiger partial charge in [-0.1, -0.05) is 26.7 Å². The minimum absolute atomic E-state index is 0.0239. The van der Waals surface area contributed by atoms with Crippen molar-refractivity contribution >= 4 is 0 Å². The van der Waals surface area contributed by atoms with Crippen LogP contribution in [0, 0.1) is 5.41 Å². The molecule has 3 heteroatoms. The maximum absolute atomic E-state index is 12.6. The summed E-state index contributed by atoms with van der Waals surface area (Å²) in [4.78, 5) is 0. The second-order valence-corrected chi connectivity index (χ2v) is 5.06. The van der Waals surface area contributed by atoms with Crippen molar-refractivity contribution in [3.05, 3.63) is 0 Å². The fourth-order valence-corrected chi connectivity index (χ4v) is 2.38. The van der Waals surface area contributed by atoms with Crippen LogP contribution in [-0.4, -0.2) is 19.6 Å². The fraction of sp³-hybridized carbons (Fsp3) is 1.00. The number of unbranched alkanes of at least 4 members (excludes halogenated alkanes) is 1. The van der Waals surface area contributed by atoms with E-state index in [-0.39, 0.29) is 6.42 Å². The van der Waals surface area contributed by atoms with Crippen LogP contribution in [0.15, 0.2) is 0 Å². The third-order valence-corrected chi connectivity index (χ3v) is 3.44. The maximum Gasteiger partial charge on any atom is 0.245 e. The summed E-state index contributed by atoms with van der Waals surface area (Å²) >= 11 is 0. The van der Waals surface area contributed by atoms with Gasteiger partial charge >= 0.3 is 0 Å². The first-order valence-electron chi connectivity index (χ1n) is 6.84. The van der Waals surface area contributed by atoms with Crippen LogP contribution >= 0.6 is 0 Å². The lowest BCUT2D eigenvalue weighted by atomic mass is 9.66. The average Bonchev–Trinajstić information content (AvgIpc) is 2.22. The van der Waals surface area contributed by atoms with Crippen molar-refractivity contribution < 1.29 is 13.5 Å². The van der Waals surface area contributed by atoms with E-state index in [0.29, 0.717) is 11.8 Å². The lowest BCUT2D eigenvalue weighted by molar-refractivity contribution is -0.00340. The average molecular weight is 250 g/mol. The second kappa shape index (κ2) is 8.02. The van der Waals surface area contributed by atoms with Crippen molar-refractivity contribution in [1.82, 2.24) is 0 Å². The molecule has 104 valence electrons. The summed E-state index contributed by atoms with van der Waals surface area (Å²) in [5.74, 6) is -2.49. The highest BCUT2D eigenvalue weighted by molar-refractivity contribution is 4.87. The second-order valence-electron chi connectivity index (χ2n) is 5.06. The van der Waals surface area contributed by atoms with Crippen molar-refractivity contribution in [3.8, 4) is 0 Å². The largest absolute Gasteiger partial charge is 0.384 e. The Balaban J connectivity index is 0.00000121. The molecule has 0 unspecified atom stereocenters. The smallest absolute Gasteiger partial charge is 0.245 e. The van der Waals surface area contributed by atoms with Crippen LogP contribution in [0.2, 0.25) is 0 Å². The standard InChI is InChI=1S/C12H22F2O.C2H6/c1-11(13,14)6-3-4-7-12(10-15-2)8-5-9-12;1-2/h3-10H2,1-2H3;1-2H3. The van der Waals surface area contributed by atoms with Gasteiger partial charge in [-0.3, -0.25) is 0 Å². The molecule has 1 nitrogen and oxygen atoms in total. The molecule has 0 aromatic rings. The molecule has 0 N–H and O–H groups in total. The third kappa shape index (κ3) is 6.97. The molecule has 0 spiro atoms. The van der Waals surface area contributed by atoms with Gasteiger partial charge in [0.2, 0.25) is 5.92 Å². The molecule has 1 fully saturated rings. The number of hydrogen-bond donors (Lipinski definition) is 0. The Morgan fingerprint density at radius 2 is 1.76 bits per heavy atom. The maximum atomic E-state index is 12.6. The van der Waals surface area contributed by atoms with Gasteiger partial charge in [0.25, 0.3) is 0 Å². The molecule has 0 bridgehead atoms. The lowest BCUT2D eigenvalue weighted by Crippen LogP contribution is -2.34. The molecule has 1 saturated carbocycles. The Morgan fingerprint density at radius 1 is 1.18 bits per heavy atom. The normalized spacial score (nSPS) is 18.0. The van der Waals surface area contributed by atoms with E-state index in [1.165, 1.54) is 19.3 Å². The molecule has 17 heavy (non-hydrogen) atoms. The van der Waals surface area contributed by atoms with Gasteiger partial charge in [0.1, 0.15) is 0 Å². The monoisotopic (exact) mass is 250 g/mol. The first kappa shape index (κ1) is 16.8. The van der Waals surface area contributed by atoms with E-state index in [9.17, 15) is 8.78 Å². The van der Waals surface area contributed by atoms with E-state index in [4.69, 9.17) is 4.74 Å². The Kier molecular flexibility index (Phi) is 7.93. The molecular formula is C14H28F2O. The number of ether oxygens (including phenoxy) is 1. The molecule has 0 amide bonds. The zero-order chi connectivity index (χ0) is 13.4. The van der Waals surface area contributed by atoms with E-state index >= 15 is 0 Å². The number of hydrogen-bond acceptors (Lipinski definition) is 1. The van der Waals surface area contributed by atoms with Gasteiger partial charge in [0, 0.05) is 13.5 Å². The lowest BCUT2D eigenvalue weighted by Gasteiger charge is -2.41. The highest BCUT2D eigenvalue weighted by Crippen LogP contribution is 2.45. The quantitative estimate of drug-likeness (QED) is 0.575. The van der Waals surface area contributed by atoms with E-state index < -0.39 is 5.92 Å². The van der Waals surface area contributed by atoms with Crippen LogP contribution < -0.4 is 0 Å². The van der Waals surface area contributed by atoms with Crippen LogP contribution in [0.25, 0.3) is 0 Å². The zero-order valence-corrected chi connectivity index (χ0v) is 11.8. The third-order valence-electron chi connectivity index (χ3n) is 3.44. The molecule has 0 radical (unpaired) electrons. The van der Waals surface area contributed by atoms with Gasteiger partial charge in [0.05, 0.1) is 6.61 Å². The Bertz CT molecular complexity index is 183. The van der Waals surface area contributed by atoms with Crippen molar-refractivity contribution in [1.29, 1.82) is 0 Å². The highest BCUT2D eigenvalue weighted by atomic mass is 19.3. The van der Waals surface area contributed by atoms with Gasteiger partial charge < -0.3 is 4.74 Å². The topological polar surface area (TPSA) is 9.23 Å². The van der Waals surface area contributed by atoms with Gasteiger partial charge in [0.15, 0.2) is 0 Å². The van der Waals surface area contributed by atoms with Gasteiger partial charge in [-0.05, 0) is 38.0 Å². The Morgan fingerprint density at radius 3 is 2.12 bits per heavy atom. The first-order chi connectivity index (χ1) is 7.97. The first-order valence-corrected chi connectivity index (χ1v) is 6.84. The highest BCUT2D eigenvalue weighted by Gasteiger charge is 2.36. The number of alkyl halides is 2. The number of rotatable bonds is 7. The van der Waals surface area contributed by atoms with Crippen molar-refractivity contribution in [2.24, 2.45) is 5.41 Å². The summed E-state index contributed by atoms with van der Waals surface area (Å²) in [6.45, 7) is 5.80. The zero-order valence-electron chi connectivity index (χ0n) is 11.8. The molecule has 1 aliphatic rings. The summed E-state index contributed by atoms with van der Waals surface area (Å²) in [5, 5.41) is 0. The summed E-state index contributed by atoms with van der Waals surface area (Å²) in [6.07, 6.45) is 6.31. The molecule has 0 aliphatic heterocycles. The number of halogens is 2. The summed E-state index contributed by atoms with van der Waals surface area (Å²) in [7, 11) is 1.72. The predicted molar refractivity (Wildman–Crippen MR) is 68.6 cm³/mol. The van der Waals surface area contributed by atoms with Crippen molar-refractivity contribution in [3.63, 3.8) is 0 Å². The fourth-order valence-electron chi connectivity index (χ4n) is 2.38. The summed E-state index contributed by atoms with van der Waals surface area (Å²) in [5.41, 5.74) is 0.331. The van der Waals surface area contributed by atoms with Crippen molar-refractivity contribution in [2.75, 3.05) is 13.7 Å². The Labute approximate surface area is 105 Å². The van der Waals surface area contributed by atoms with Gasteiger partial charge in [-0.2, -0.15) is 0 Å². The minimum atomic E-state index is -2.49. The van der Waals surface area contributed by atoms with E-state index in [2.05, 4.69) is 0 Å².